The van der Waals surface area contributed by atoms with Crippen molar-refractivity contribution in [1.82, 2.24) is 0 Å². The van der Waals surface area contributed by atoms with Crippen LogP contribution in [0.15, 0.2) is 12.2 Å². The molecule has 0 fully saturated rings. The van der Waals surface area contributed by atoms with Crippen molar-refractivity contribution < 1.29 is 32.3 Å². The van der Waals surface area contributed by atoms with E-state index in [2.05, 4.69) is 38.6 Å². The van der Waals surface area contributed by atoms with E-state index >= 15 is 0 Å². The molecule has 9 heteroatoms. The predicted molar refractivity (Wildman–Crippen MR) is 91.2 cm³/mol. The summed E-state index contributed by atoms with van der Waals surface area (Å²) in [6.07, 6.45) is 2.09. The third-order valence-electron chi connectivity index (χ3n) is 3.85. The summed E-state index contributed by atoms with van der Waals surface area (Å²) < 4.78 is 37.4. The van der Waals surface area contributed by atoms with Crippen molar-refractivity contribution in [2.24, 2.45) is 0 Å². The van der Waals surface area contributed by atoms with E-state index < -0.39 is 27.9 Å². The predicted octanol–water partition coefficient (Wildman–Crippen LogP) is 4.16. The standard InChI is InChI=1S/C14H29O7PSi/c1-14(2,3)23(7,8)20-11-9-10-12(21-13(15)17-4)22(16,18-5)19-6/h9-10,12H,11H2,1-8H3/b10-9+. The molecule has 0 heterocycles. The highest BCUT2D eigenvalue weighted by atomic mass is 31.2. The number of ether oxygens (including phenoxy) is 2. The third kappa shape index (κ3) is 6.77. The van der Waals surface area contributed by atoms with Crippen LogP contribution in [0.2, 0.25) is 18.1 Å². The Balaban J connectivity index is 4.97. The van der Waals surface area contributed by atoms with Crippen molar-refractivity contribution >= 4 is 22.1 Å². The fourth-order valence-corrected chi connectivity index (χ4v) is 3.34. The Morgan fingerprint density at radius 3 is 2.09 bits per heavy atom. The first-order valence-corrected chi connectivity index (χ1v) is 11.7. The molecule has 0 rings (SSSR count). The molecular weight excluding hydrogens is 339 g/mol. The van der Waals surface area contributed by atoms with Crippen LogP contribution in [0.5, 0.6) is 0 Å². The van der Waals surface area contributed by atoms with E-state index in [1.165, 1.54) is 20.3 Å². The lowest BCUT2D eigenvalue weighted by Crippen LogP contribution is -2.40. The van der Waals surface area contributed by atoms with Crippen LogP contribution in [0.1, 0.15) is 20.8 Å². The minimum atomic E-state index is -3.63. The minimum absolute atomic E-state index is 0.0805. The van der Waals surface area contributed by atoms with Crippen molar-refractivity contribution in [2.45, 2.75) is 44.7 Å². The van der Waals surface area contributed by atoms with Crippen LogP contribution in [-0.4, -0.2) is 48.3 Å². The molecule has 0 spiro atoms. The van der Waals surface area contributed by atoms with Gasteiger partial charge in [0.25, 0.3) is 0 Å². The van der Waals surface area contributed by atoms with Crippen LogP contribution >= 0.6 is 7.60 Å². The van der Waals surface area contributed by atoms with Gasteiger partial charge in [0, 0.05) is 14.2 Å². The maximum Gasteiger partial charge on any atom is 0.509 e. The van der Waals surface area contributed by atoms with Crippen molar-refractivity contribution in [3.63, 3.8) is 0 Å². The second kappa shape index (κ2) is 8.99. The van der Waals surface area contributed by atoms with Gasteiger partial charge in [-0.25, -0.2) is 4.79 Å². The van der Waals surface area contributed by atoms with Crippen molar-refractivity contribution in [3.05, 3.63) is 12.2 Å². The first-order valence-electron chi connectivity index (χ1n) is 7.20. The van der Waals surface area contributed by atoms with Crippen LogP contribution < -0.4 is 0 Å². The molecule has 0 amide bonds. The summed E-state index contributed by atoms with van der Waals surface area (Å²) >= 11 is 0. The van der Waals surface area contributed by atoms with Gasteiger partial charge in [0.1, 0.15) is 0 Å². The molecule has 23 heavy (non-hydrogen) atoms. The Kier molecular flexibility index (Phi) is 8.73. The molecule has 0 aromatic rings. The van der Waals surface area contributed by atoms with Gasteiger partial charge in [0.05, 0.1) is 13.7 Å². The van der Waals surface area contributed by atoms with Gasteiger partial charge in [-0.15, -0.1) is 0 Å². The van der Waals surface area contributed by atoms with Gasteiger partial charge in [0.15, 0.2) is 8.32 Å². The van der Waals surface area contributed by atoms with Gasteiger partial charge in [0.2, 0.25) is 5.85 Å². The lowest BCUT2D eigenvalue weighted by atomic mass is 10.2. The molecule has 7 nitrogen and oxygen atoms in total. The zero-order chi connectivity index (χ0) is 18.3. The molecule has 1 atom stereocenters. The summed E-state index contributed by atoms with van der Waals surface area (Å²) in [7, 11) is -1.92. The van der Waals surface area contributed by atoms with Crippen molar-refractivity contribution in [2.75, 3.05) is 27.9 Å². The van der Waals surface area contributed by atoms with E-state index in [0.29, 0.717) is 6.61 Å². The highest BCUT2D eigenvalue weighted by molar-refractivity contribution is 7.54. The molecule has 0 aromatic carbocycles. The SMILES string of the molecule is COC(=O)OC(/C=C/CO[Si](C)(C)C(C)(C)C)P(=O)(OC)OC. The van der Waals surface area contributed by atoms with Crippen LogP contribution in [0.3, 0.4) is 0 Å². The summed E-state index contributed by atoms with van der Waals surface area (Å²) in [5.74, 6) is -1.20. The number of hydrogen-bond acceptors (Lipinski definition) is 7. The Hall–Kier alpha value is -0.663. The smallest absolute Gasteiger partial charge is 0.438 e. The summed E-state index contributed by atoms with van der Waals surface area (Å²) in [5.41, 5.74) is 0. The fraction of sp³-hybridized carbons (Fsp3) is 0.786. The average molecular weight is 368 g/mol. The quantitative estimate of drug-likeness (QED) is 0.275. The molecule has 136 valence electrons. The molecule has 0 radical (unpaired) electrons. The Bertz CT molecular complexity index is 449. The lowest BCUT2D eigenvalue weighted by Gasteiger charge is -2.35. The maximum absolute atomic E-state index is 12.4. The van der Waals surface area contributed by atoms with Gasteiger partial charge >= 0.3 is 13.8 Å². The summed E-state index contributed by atoms with van der Waals surface area (Å²) in [6, 6.07) is 0. The number of hydrogen-bond donors (Lipinski definition) is 0. The topological polar surface area (TPSA) is 80.3 Å². The highest BCUT2D eigenvalue weighted by Gasteiger charge is 2.38. The Morgan fingerprint density at radius 1 is 1.17 bits per heavy atom. The molecule has 0 aromatic heterocycles. The zero-order valence-corrected chi connectivity index (χ0v) is 17.1. The van der Waals surface area contributed by atoms with Gasteiger partial charge in [-0.3, -0.25) is 4.57 Å². The number of carbonyl (C=O) groups excluding carboxylic acids is 1. The second-order valence-corrected chi connectivity index (χ2v) is 13.5. The molecule has 1 unspecified atom stereocenters. The summed E-state index contributed by atoms with van der Waals surface area (Å²) in [4.78, 5) is 11.3. The van der Waals surface area contributed by atoms with Gasteiger partial charge in [-0.2, -0.15) is 0 Å². The first-order chi connectivity index (χ1) is 10.4. The molecular formula is C14H29O7PSi. The minimum Gasteiger partial charge on any atom is -0.438 e. The van der Waals surface area contributed by atoms with E-state index in [1.807, 2.05) is 0 Å². The molecule has 0 aliphatic carbocycles. The van der Waals surface area contributed by atoms with Crippen molar-refractivity contribution in [1.29, 1.82) is 0 Å². The van der Waals surface area contributed by atoms with Crippen LogP contribution in [0.4, 0.5) is 4.79 Å². The first kappa shape index (κ1) is 22.3. The van der Waals surface area contributed by atoms with Gasteiger partial charge < -0.3 is 22.9 Å². The van der Waals surface area contributed by atoms with E-state index in [4.69, 9.17) is 18.2 Å². The monoisotopic (exact) mass is 368 g/mol. The van der Waals surface area contributed by atoms with Crippen LogP contribution in [-0.2, 0) is 27.5 Å². The summed E-state index contributed by atoms with van der Waals surface area (Å²) in [6.45, 7) is 11.0. The average Bonchev–Trinajstić information content (AvgIpc) is 2.47. The van der Waals surface area contributed by atoms with E-state index in [0.717, 1.165) is 7.11 Å². The molecule has 0 saturated carbocycles. The fourth-order valence-electron chi connectivity index (χ4n) is 1.28. The number of methoxy groups -OCH3 is 1. The lowest BCUT2D eigenvalue weighted by molar-refractivity contribution is 0.0624. The van der Waals surface area contributed by atoms with E-state index in [-0.39, 0.29) is 5.04 Å². The maximum atomic E-state index is 12.4. The highest BCUT2D eigenvalue weighted by Crippen LogP contribution is 2.52. The molecule has 0 aliphatic heterocycles. The number of rotatable bonds is 8. The third-order valence-corrected chi connectivity index (χ3v) is 10.3. The van der Waals surface area contributed by atoms with Crippen LogP contribution in [0.25, 0.3) is 0 Å². The van der Waals surface area contributed by atoms with E-state index in [1.54, 1.807) is 6.08 Å². The normalized spacial score (nSPS) is 14.8. The van der Waals surface area contributed by atoms with Crippen molar-refractivity contribution in [3.8, 4) is 0 Å². The van der Waals surface area contributed by atoms with Crippen LogP contribution in [0, 0.1) is 0 Å². The largest absolute Gasteiger partial charge is 0.509 e. The van der Waals surface area contributed by atoms with Gasteiger partial charge in [-0.1, -0.05) is 26.8 Å². The summed E-state index contributed by atoms with van der Waals surface area (Å²) in [5, 5.41) is 0.0805. The molecule has 0 aliphatic rings. The zero-order valence-electron chi connectivity index (χ0n) is 15.2. The van der Waals surface area contributed by atoms with Gasteiger partial charge in [-0.05, 0) is 24.2 Å². The molecule has 0 saturated heterocycles. The van der Waals surface area contributed by atoms with E-state index in [9.17, 15) is 9.36 Å². The molecule has 0 N–H and O–H groups in total. The molecule has 0 bridgehead atoms. The number of carbonyl (C=O) groups is 1. The Morgan fingerprint density at radius 2 is 1.70 bits per heavy atom. The Labute approximate surface area is 139 Å². The second-order valence-electron chi connectivity index (χ2n) is 6.37.